The van der Waals surface area contributed by atoms with Crippen molar-refractivity contribution in [3.8, 4) is 0 Å². The van der Waals surface area contributed by atoms with Crippen molar-refractivity contribution in [3.63, 3.8) is 0 Å². The Morgan fingerprint density at radius 3 is 2.00 bits per heavy atom. The normalized spacial score (nSPS) is 8.11. The Bertz CT molecular complexity index is 150. The molecular formula is C7H9HgN. The number of nitrogens with two attached hydrogens (primary N) is 1. The van der Waals surface area contributed by atoms with Crippen LogP contribution in [0.3, 0.4) is 0 Å². The van der Waals surface area contributed by atoms with Gasteiger partial charge in [0, 0.05) is 34.2 Å². The van der Waals surface area contributed by atoms with E-state index in [1.165, 1.54) is 5.56 Å². The predicted molar refractivity (Wildman–Crippen MR) is 34.3 cm³/mol. The van der Waals surface area contributed by atoms with Crippen molar-refractivity contribution >= 4 is 0 Å². The van der Waals surface area contributed by atoms with Crippen molar-refractivity contribution in [1.29, 1.82) is 0 Å². The molecule has 2 heteroatoms. The first-order valence-corrected chi connectivity index (χ1v) is 2.67. The van der Waals surface area contributed by atoms with Crippen molar-refractivity contribution in [2.75, 3.05) is 0 Å². The zero-order chi connectivity index (χ0) is 5.82. The Morgan fingerprint density at radius 2 is 1.67 bits per heavy atom. The summed E-state index contributed by atoms with van der Waals surface area (Å²) in [6.45, 7) is 0.640. The molecular weight excluding hydrogens is 299 g/mol. The van der Waals surface area contributed by atoms with Crippen LogP contribution in [0, 0.1) is 0 Å². The first-order chi connectivity index (χ1) is 3.93. The number of benzene rings is 1. The zero-order valence-electron chi connectivity index (χ0n) is 5.38. The third-order valence-electron chi connectivity index (χ3n) is 1.08. The molecule has 2 N–H and O–H groups in total. The van der Waals surface area contributed by atoms with E-state index in [-0.39, 0.29) is 27.7 Å². The SMILES string of the molecule is NCc1ccccc1.[Hg]. The minimum absolute atomic E-state index is 0. The minimum atomic E-state index is 0. The summed E-state index contributed by atoms with van der Waals surface area (Å²) in [5, 5.41) is 0. The molecule has 0 aromatic heterocycles. The summed E-state index contributed by atoms with van der Waals surface area (Å²) in [6, 6.07) is 9.99. The molecule has 0 aliphatic rings. The molecule has 0 fully saturated rings. The van der Waals surface area contributed by atoms with E-state index in [0.717, 1.165) is 0 Å². The summed E-state index contributed by atoms with van der Waals surface area (Å²) in [7, 11) is 0. The summed E-state index contributed by atoms with van der Waals surface area (Å²) in [6.07, 6.45) is 0. The molecule has 0 spiro atoms. The maximum atomic E-state index is 5.35. The Hall–Kier alpha value is 0.115. The molecule has 0 bridgehead atoms. The first kappa shape index (κ1) is 9.12. The average Bonchev–Trinajstić information content (AvgIpc) is 1.90. The second-order valence-electron chi connectivity index (χ2n) is 1.69. The summed E-state index contributed by atoms with van der Waals surface area (Å²) in [4.78, 5) is 0. The van der Waals surface area contributed by atoms with E-state index in [0.29, 0.717) is 6.54 Å². The Labute approximate surface area is 75.8 Å². The Morgan fingerprint density at radius 1 is 1.11 bits per heavy atom. The van der Waals surface area contributed by atoms with Crippen LogP contribution in [0.15, 0.2) is 30.3 Å². The monoisotopic (exact) mass is 309 g/mol. The summed E-state index contributed by atoms with van der Waals surface area (Å²) in [5.41, 5.74) is 6.54. The van der Waals surface area contributed by atoms with Crippen LogP contribution < -0.4 is 5.73 Å². The number of hydrogen-bond donors (Lipinski definition) is 1. The molecule has 0 aliphatic carbocycles. The maximum absolute atomic E-state index is 5.35. The van der Waals surface area contributed by atoms with Gasteiger partial charge >= 0.3 is 0 Å². The maximum Gasteiger partial charge on any atom is 0.0178 e. The van der Waals surface area contributed by atoms with Gasteiger partial charge in [0.2, 0.25) is 0 Å². The van der Waals surface area contributed by atoms with Gasteiger partial charge in [0.1, 0.15) is 0 Å². The van der Waals surface area contributed by atoms with E-state index < -0.39 is 0 Å². The molecule has 0 aliphatic heterocycles. The second-order valence-corrected chi connectivity index (χ2v) is 1.69. The standard InChI is InChI=1S/C7H9N.Hg/c8-6-7-4-2-1-3-5-7;/h1-5H,6,8H2;. The molecule has 1 nitrogen and oxygen atoms in total. The van der Waals surface area contributed by atoms with E-state index in [1.807, 2.05) is 30.3 Å². The first-order valence-electron chi connectivity index (χ1n) is 2.67. The third kappa shape index (κ3) is 2.97. The molecule has 0 heterocycles. The van der Waals surface area contributed by atoms with E-state index >= 15 is 0 Å². The summed E-state index contributed by atoms with van der Waals surface area (Å²) >= 11 is 0. The zero-order valence-corrected chi connectivity index (χ0v) is 10.9. The van der Waals surface area contributed by atoms with E-state index in [9.17, 15) is 0 Å². The molecule has 44 valence electrons. The smallest absolute Gasteiger partial charge is 0.0178 e. The van der Waals surface area contributed by atoms with Crippen LogP contribution in [-0.4, -0.2) is 0 Å². The quantitative estimate of drug-likeness (QED) is 0.774. The van der Waals surface area contributed by atoms with Gasteiger partial charge in [-0.25, -0.2) is 0 Å². The molecule has 0 amide bonds. The fourth-order valence-corrected chi connectivity index (χ4v) is 0.614. The third-order valence-corrected chi connectivity index (χ3v) is 1.08. The fraction of sp³-hybridized carbons (Fsp3) is 0.143. The summed E-state index contributed by atoms with van der Waals surface area (Å²) in [5.74, 6) is 0. The second kappa shape index (κ2) is 4.94. The Balaban J connectivity index is 0.000000640. The predicted octanol–water partition coefficient (Wildman–Crippen LogP) is 1.14. The van der Waals surface area contributed by atoms with Crippen LogP contribution in [0.2, 0.25) is 0 Å². The van der Waals surface area contributed by atoms with Gasteiger partial charge in [-0.15, -0.1) is 0 Å². The van der Waals surface area contributed by atoms with Gasteiger partial charge in [0.05, 0.1) is 0 Å². The van der Waals surface area contributed by atoms with Crippen LogP contribution in [-0.2, 0) is 34.2 Å². The van der Waals surface area contributed by atoms with E-state index in [2.05, 4.69) is 0 Å². The van der Waals surface area contributed by atoms with Crippen LogP contribution in [0.1, 0.15) is 5.56 Å². The number of hydrogen-bond acceptors (Lipinski definition) is 1. The number of rotatable bonds is 1. The van der Waals surface area contributed by atoms with Gasteiger partial charge in [0.25, 0.3) is 0 Å². The molecule has 0 radical (unpaired) electrons. The van der Waals surface area contributed by atoms with E-state index in [1.54, 1.807) is 0 Å². The van der Waals surface area contributed by atoms with Crippen molar-refractivity contribution in [1.82, 2.24) is 0 Å². The van der Waals surface area contributed by atoms with Crippen LogP contribution >= 0.6 is 0 Å². The summed E-state index contributed by atoms with van der Waals surface area (Å²) < 4.78 is 0. The largest absolute Gasteiger partial charge is 0.326 e. The molecule has 9 heavy (non-hydrogen) atoms. The topological polar surface area (TPSA) is 26.0 Å². The van der Waals surface area contributed by atoms with Gasteiger partial charge < -0.3 is 5.73 Å². The van der Waals surface area contributed by atoms with Gasteiger partial charge in [-0.1, -0.05) is 30.3 Å². The fourth-order valence-electron chi connectivity index (χ4n) is 0.614. The van der Waals surface area contributed by atoms with Gasteiger partial charge in [0.15, 0.2) is 0 Å². The molecule has 0 saturated carbocycles. The van der Waals surface area contributed by atoms with Crippen LogP contribution in [0.4, 0.5) is 0 Å². The van der Waals surface area contributed by atoms with Crippen LogP contribution in [0.5, 0.6) is 0 Å². The minimum Gasteiger partial charge on any atom is -0.326 e. The van der Waals surface area contributed by atoms with Gasteiger partial charge in [-0.2, -0.15) is 0 Å². The molecule has 1 aromatic carbocycles. The Kier molecular flexibility index (Phi) is 5.01. The molecule has 1 rings (SSSR count). The van der Waals surface area contributed by atoms with Crippen molar-refractivity contribution in [3.05, 3.63) is 35.9 Å². The van der Waals surface area contributed by atoms with Crippen molar-refractivity contribution in [2.24, 2.45) is 5.73 Å². The molecule has 1 aromatic rings. The average molecular weight is 308 g/mol. The molecule has 0 unspecified atom stereocenters. The van der Waals surface area contributed by atoms with Gasteiger partial charge in [-0.3, -0.25) is 0 Å². The molecule has 0 atom stereocenters. The molecule has 0 saturated heterocycles. The van der Waals surface area contributed by atoms with Gasteiger partial charge in [-0.05, 0) is 5.56 Å². The van der Waals surface area contributed by atoms with E-state index in [4.69, 9.17) is 5.73 Å². The van der Waals surface area contributed by atoms with Crippen molar-refractivity contribution in [2.45, 2.75) is 6.54 Å². The van der Waals surface area contributed by atoms with Crippen molar-refractivity contribution < 1.29 is 27.7 Å². The van der Waals surface area contributed by atoms with Crippen LogP contribution in [0.25, 0.3) is 0 Å².